The number of hydrogen-bond donors (Lipinski definition) is 3. The highest BCUT2D eigenvalue weighted by Crippen LogP contribution is 2.34. The van der Waals surface area contributed by atoms with Crippen molar-refractivity contribution in [2.45, 2.75) is 24.4 Å². The van der Waals surface area contributed by atoms with Crippen LogP contribution in [0.3, 0.4) is 0 Å². The van der Waals surface area contributed by atoms with Crippen molar-refractivity contribution in [3.05, 3.63) is 24.3 Å². The van der Waals surface area contributed by atoms with Gasteiger partial charge in [-0.3, -0.25) is 10.6 Å². The van der Waals surface area contributed by atoms with Crippen molar-refractivity contribution in [2.75, 3.05) is 19.8 Å². The topological polar surface area (TPSA) is 61.9 Å². The Labute approximate surface area is 95.1 Å². The van der Waals surface area contributed by atoms with Crippen molar-refractivity contribution in [2.24, 2.45) is 0 Å². The average Bonchev–Trinajstić information content (AvgIpc) is 2.75. The highest BCUT2D eigenvalue weighted by molar-refractivity contribution is 5.13. The van der Waals surface area contributed by atoms with Crippen molar-refractivity contribution < 1.29 is 0 Å². The van der Waals surface area contributed by atoms with Crippen LogP contribution in [-0.2, 0) is 0 Å². The van der Waals surface area contributed by atoms with Gasteiger partial charge in [-0.1, -0.05) is 0 Å². The van der Waals surface area contributed by atoms with Crippen LogP contribution < -0.4 is 16.0 Å². The lowest BCUT2D eigenvalue weighted by Crippen LogP contribution is -2.52. The van der Waals surface area contributed by atoms with E-state index in [1.807, 2.05) is 18.5 Å². The Morgan fingerprint density at radius 2 is 1.94 bits per heavy atom. The van der Waals surface area contributed by atoms with Gasteiger partial charge in [-0.05, 0) is 32.0 Å². The summed E-state index contributed by atoms with van der Waals surface area (Å²) in [6.07, 6.45) is 5.89. The summed E-state index contributed by atoms with van der Waals surface area (Å²) < 4.78 is 0. The van der Waals surface area contributed by atoms with Crippen LogP contribution in [0.15, 0.2) is 18.5 Å². The normalized spacial score (nSPS) is 28.4. The molecule has 0 bridgehead atoms. The number of rotatable bonds is 1. The van der Waals surface area contributed by atoms with Gasteiger partial charge in [-0.15, -0.1) is 0 Å². The Kier molecular flexibility index (Phi) is 2.59. The molecule has 3 heterocycles. The summed E-state index contributed by atoms with van der Waals surface area (Å²) >= 11 is 0. The lowest BCUT2D eigenvalue weighted by Gasteiger charge is -2.37. The van der Waals surface area contributed by atoms with Crippen molar-refractivity contribution in [1.29, 1.82) is 0 Å². The third kappa shape index (κ3) is 1.61. The van der Waals surface area contributed by atoms with Crippen molar-refractivity contribution in [3.63, 3.8) is 0 Å². The molecular formula is C11H17N5. The number of nitrogens with one attached hydrogen (secondary N) is 3. The number of aromatic nitrogens is 2. The molecule has 3 N–H and O–H groups in total. The lowest BCUT2D eigenvalue weighted by atomic mass is 9.82. The number of hydrogen-bond acceptors (Lipinski definition) is 5. The zero-order chi connectivity index (χ0) is 10.8. The summed E-state index contributed by atoms with van der Waals surface area (Å²) in [5, 5.41) is 10.5. The maximum Gasteiger partial charge on any atom is 0.147 e. The smallest absolute Gasteiger partial charge is 0.147 e. The Morgan fingerprint density at radius 3 is 2.69 bits per heavy atom. The first-order valence-corrected chi connectivity index (χ1v) is 5.87. The monoisotopic (exact) mass is 219 g/mol. The van der Waals surface area contributed by atoms with Crippen LogP contribution in [0.2, 0.25) is 0 Å². The van der Waals surface area contributed by atoms with Gasteiger partial charge in [-0.2, -0.15) is 0 Å². The fourth-order valence-corrected chi connectivity index (χ4v) is 2.76. The minimum atomic E-state index is 0.145. The van der Waals surface area contributed by atoms with Crippen LogP contribution >= 0.6 is 0 Å². The molecule has 1 unspecified atom stereocenters. The third-order valence-electron chi connectivity index (χ3n) is 3.64. The van der Waals surface area contributed by atoms with Gasteiger partial charge in [0.15, 0.2) is 0 Å². The molecule has 3 rings (SSSR count). The van der Waals surface area contributed by atoms with Crippen LogP contribution in [0.1, 0.15) is 24.7 Å². The molecule has 5 heteroatoms. The van der Waals surface area contributed by atoms with Gasteiger partial charge in [-0.25, -0.2) is 9.97 Å². The van der Waals surface area contributed by atoms with E-state index in [1.54, 1.807) is 0 Å². The zero-order valence-electron chi connectivity index (χ0n) is 9.24. The van der Waals surface area contributed by atoms with Gasteiger partial charge in [0.1, 0.15) is 5.82 Å². The largest absolute Gasteiger partial charge is 0.317 e. The summed E-state index contributed by atoms with van der Waals surface area (Å²) in [5.74, 6) is 0.911. The molecule has 0 radical (unpaired) electrons. The molecule has 1 aromatic heterocycles. The second kappa shape index (κ2) is 4.08. The Bertz CT molecular complexity index is 347. The Balaban J connectivity index is 1.89. The fourth-order valence-electron chi connectivity index (χ4n) is 2.76. The predicted octanol–water partition coefficient (Wildman–Crippen LogP) is -0.210. The molecule has 2 saturated heterocycles. The van der Waals surface area contributed by atoms with Gasteiger partial charge < -0.3 is 5.32 Å². The summed E-state index contributed by atoms with van der Waals surface area (Å²) in [6.45, 7) is 2.99. The minimum absolute atomic E-state index is 0.145. The van der Waals surface area contributed by atoms with Crippen molar-refractivity contribution >= 4 is 0 Å². The Morgan fingerprint density at radius 1 is 1.19 bits per heavy atom. The van der Waals surface area contributed by atoms with E-state index < -0.39 is 0 Å². The second-order valence-corrected chi connectivity index (χ2v) is 4.50. The molecular weight excluding hydrogens is 202 g/mol. The molecule has 1 spiro atoms. The first-order chi connectivity index (χ1) is 7.91. The third-order valence-corrected chi connectivity index (χ3v) is 3.64. The highest BCUT2D eigenvalue weighted by Gasteiger charge is 2.45. The van der Waals surface area contributed by atoms with E-state index in [9.17, 15) is 0 Å². The summed E-state index contributed by atoms with van der Waals surface area (Å²) in [6, 6.07) is 2.11. The van der Waals surface area contributed by atoms with E-state index in [0.29, 0.717) is 0 Å². The highest BCUT2D eigenvalue weighted by atomic mass is 15.3. The first-order valence-electron chi connectivity index (χ1n) is 5.87. The maximum absolute atomic E-state index is 4.38. The van der Waals surface area contributed by atoms with Crippen LogP contribution in [-0.4, -0.2) is 35.3 Å². The summed E-state index contributed by atoms with van der Waals surface area (Å²) in [4.78, 5) is 8.75. The lowest BCUT2D eigenvalue weighted by molar-refractivity contribution is 0.239. The molecule has 0 amide bonds. The minimum Gasteiger partial charge on any atom is -0.317 e. The second-order valence-electron chi connectivity index (χ2n) is 4.50. The standard InChI is InChI=1S/C11H17N5/c1-4-13-10(14-5-1)9-11(16-8-15-9)2-6-12-7-3-11/h1,4-5,9,12,15-16H,2-3,6-8H2. The van der Waals surface area contributed by atoms with Crippen LogP contribution in [0.4, 0.5) is 0 Å². The molecule has 1 atom stereocenters. The van der Waals surface area contributed by atoms with E-state index in [0.717, 1.165) is 38.4 Å². The summed E-state index contributed by atoms with van der Waals surface area (Å²) in [5.41, 5.74) is 0.145. The quantitative estimate of drug-likeness (QED) is 0.610. The molecule has 1 aromatic rings. The average molecular weight is 219 g/mol. The van der Waals surface area contributed by atoms with Gasteiger partial charge >= 0.3 is 0 Å². The SMILES string of the molecule is c1cnc(C2NCNC23CCNCC3)nc1. The Hall–Kier alpha value is -1.04. The van der Waals surface area contributed by atoms with Crippen LogP contribution in [0.25, 0.3) is 0 Å². The maximum atomic E-state index is 4.38. The summed E-state index contributed by atoms with van der Waals surface area (Å²) in [7, 11) is 0. The molecule has 2 aliphatic heterocycles. The first kappa shape index (κ1) is 10.1. The van der Waals surface area contributed by atoms with Gasteiger partial charge in [0.2, 0.25) is 0 Å². The van der Waals surface area contributed by atoms with Crippen molar-refractivity contribution in [3.8, 4) is 0 Å². The number of nitrogens with zero attached hydrogens (tertiary/aromatic N) is 2. The van der Waals surface area contributed by atoms with Crippen LogP contribution in [0, 0.1) is 0 Å². The van der Waals surface area contributed by atoms with E-state index in [4.69, 9.17) is 0 Å². The molecule has 16 heavy (non-hydrogen) atoms. The molecule has 86 valence electrons. The molecule has 2 fully saturated rings. The molecule has 0 saturated carbocycles. The van der Waals surface area contributed by atoms with Gasteiger partial charge in [0.05, 0.1) is 6.04 Å². The molecule has 5 nitrogen and oxygen atoms in total. The molecule has 0 aliphatic carbocycles. The van der Waals surface area contributed by atoms with Crippen molar-refractivity contribution in [1.82, 2.24) is 25.9 Å². The van der Waals surface area contributed by atoms with E-state index in [1.165, 1.54) is 0 Å². The zero-order valence-corrected chi connectivity index (χ0v) is 9.24. The predicted molar refractivity (Wildman–Crippen MR) is 60.7 cm³/mol. The molecule has 2 aliphatic rings. The molecule has 0 aromatic carbocycles. The number of piperidine rings is 1. The van der Waals surface area contributed by atoms with E-state index in [2.05, 4.69) is 25.9 Å². The fraction of sp³-hybridized carbons (Fsp3) is 0.636. The van der Waals surface area contributed by atoms with Gasteiger partial charge in [0.25, 0.3) is 0 Å². The van der Waals surface area contributed by atoms with Gasteiger partial charge in [0, 0.05) is 24.6 Å². The van der Waals surface area contributed by atoms with E-state index >= 15 is 0 Å². The van der Waals surface area contributed by atoms with E-state index in [-0.39, 0.29) is 11.6 Å². The van der Waals surface area contributed by atoms with Crippen LogP contribution in [0.5, 0.6) is 0 Å².